The van der Waals surface area contributed by atoms with Gasteiger partial charge in [-0.2, -0.15) is 0 Å². The van der Waals surface area contributed by atoms with E-state index in [2.05, 4.69) is 0 Å². The van der Waals surface area contributed by atoms with Crippen molar-refractivity contribution in [2.45, 2.75) is 18.9 Å². The van der Waals surface area contributed by atoms with Gasteiger partial charge in [0.05, 0.1) is 4.92 Å². The molecular weight excluding hydrogens is 372 g/mol. The average Bonchev–Trinajstić information content (AvgIpc) is 3.08. The molecule has 0 radical (unpaired) electrons. The first-order chi connectivity index (χ1) is 13.9. The molecule has 8 nitrogen and oxygen atoms in total. The molecule has 1 aromatic carbocycles. The van der Waals surface area contributed by atoms with Crippen LogP contribution in [-0.2, 0) is 13.6 Å². The number of hydrogen-bond acceptors (Lipinski definition) is 4. The van der Waals surface area contributed by atoms with Crippen molar-refractivity contribution in [3.8, 4) is 0 Å². The topological polar surface area (TPSA) is 90.4 Å². The van der Waals surface area contributed by atoms with E-state index in [9.17, 15) is 19.7 Å². The number of hydrogen-bond donors (Lipinski definition) is 0. The molecule has 2 aromatic heterocycles. The number of carbonyl (C=O) groups is 1. The van der Waals surface area contributed by atoms with Crippen molar-refractivity contribution in [1.82, 2.24) is 14.0 Å². The van der Waals surface area contributed by atoms with E-state index in [1.165, 1.54) is 10.6 Å². The van der Waals surface area contributed by atoms with Crippen molar-refractivity contribution >= 4 is 22.5 Å². The molecule has 1 fully saturated rings. The minimum atomic E-state index is -0.629. The van der Waals surface area contributed by atoms with Crippen LogP contribution >= 0.6 is 0 Å². The molecule has 4 heterocycles. The van der Waals surface area contributed by atoms with Gasteiger partial charge in [-0.1, -0.05) is 0 Å². The summed E-state index contributed by atoms with van der Waals surface area (Å²) in [5.74, 6) is 0.119. The number of fused-ring (bicyclic) bond motifs is 5. The van der Waals surface area contributed by atoms with Crippen LogP contribution in [0.2, 0.25) is 0 Å². The van der Waals surface area contributed by atoms with Crippen molar-refractivity contribution in [3.05, 3.63) is 74.3 Å². The molecule has 148 valence electrons. The third-order valence-corrected chi connectivity index (χ3v) is 6.20. The standard InChI is InChI=1S/C21H20N4O4/c1-22-7-6-14-9-15(2-3-17(14)22)20(26)23-10-13-8-16(12-23)18-4-5-19(25(28)29)21(27)24(18)11-13/h2-7,9,13,16H,8,10-12H2,1H3. The Bertz CT molecular complexity index is 1230. The van der Waals surface area contributed by atoms with Gasteiger partial charge in [-0.25, -0.2) is 0 Å². The molecule has 0 saturated carbocycles. The number of nitrogens with zero attached hydrogens (tertiary/aromatic N) is 4. The van der Waals surface area contributed by atoms with Crippen molar-refractivity contribution < 1.29 is 9.72 Å². The monoisotopic (exact) mass is 392 g/mol. The van der Waals surface area contributed by atoms with Crippen LogP contribution in [0.4, 0.5) is 5.69 Å². The second-order valence-electron chi connectivity index (χ2n) is 8.03. The molecule has 0 spiro atoms. The molecule has 8 heteroatoms. The zero-order valence-electron chi connectivity index (χ0n) is 15.9. The van der Waals surface area contributed by atoms with Crippen molar-refractivity contribution in [1.29, 1.82) is 0 Å². The van der Waals surface area contributed by atoms with Gasteiger partial charge in [0, 0.05) is 67.0 Å². The molecule has 3 aromatic rings. The first-order valence-corrected chi connectivity index (χ1v) is 9.65. The Morgan fingerprint density at radius 2 is 1.97 bits per heavy atom. The molecule has 5 rings (SSSR count). The molecule has 0 aliphatic carbocycles. The van der Waals surface area contributed by atoms with E-state index in [-0.39, 0.29) is 17.7 Å². The Balaban J connectivity index is 1.45. The van der Waals surface area contributed by atoms with Gasteiger partial charge in [-0.15, -0.1) is 0 Å². The highest BCUT2D eigenvalue weighted by molar-refractivity contribution is 5.98. The van der Waals surface area contributed by atoms with Gasteiger partial charge in [0.1, 0.15) is 0 Å². The van der Waals surface area contributed by atoms with Gasteiger partial charge in [-0.3, -0.25) is 19.7 Å². The van der Waals surface area contributed by atoms with Crippen molar-refractivity contribution in [2.75, 3.05) is 13.1 Å². The predicted octanol–water partition coefficient (Wildman–Crippen LogP) is 2.51. The number of amides is 1. The Hall–Kier alpha value is -3.42. The number of piperidine rings is 1. The number of carbonyl (C=O) groups excluding carboxylic acids is 1. The largest absolute Gasteiger partial charge is 0.351 e. The Labute approximate surface area is 166 Å². The highest BCUT2D eigenvalue weighted by Gasteiger charge is 2.37. The lowest BCUT2D eigenvalue weighted by molar-refractivity contribution is -0.386. The van der Waals surface area contributed by atoms with Gasteiger partial charge >= 0.3 is 11.2 Å². The highest BCUT2D eigenvalue weighted by atomic mass is 16.6. The van der Waals surface area contributed by atoms with E-state index in [0.29, 0.717) is 25.2 Å². The maximum atomic E-state index is 13.2. The Morgan fingerprint density at radius 1 is 1.14 bits per heavy atom. The van der Waals surface area contributed by atoms with Gasteiger partial charge < -0.3 is 14.0 Å². The zero-order chi connectivity index (χ0) is 20.3. The summed E-state index contributed by atoms with van der Waals surface area (Å²) in [6, 6.07) is 10.7. The number of aromatic nitrogens is 2. The van der Waals surface area contributed by atoms with Crippen LogP contribution in [0.5, 0.6) is 0 Å². The van der Waals surface area contributed by atoms with Crippen LogP contribution in [-0.4, -0.2) is 38.0 Å². The third-order valence-electron chi connectivity index (χ3n) is 6.20. The minimum absolute atomic E-state index is 0.0110. The number of pyridine rings is 1. The van der Waals surface area contributed by atoms with Crippen LogP contribution in [0.25, 0.3) is 10.9 Å². The van der Waals surface area contributed by atoms with Gasteiger partial charge in [-0.05, 0) is 42.7 Å². The van der Waals surface area contributed by atoms with Gasteiger partial charge in [0.15, 0.2) is 0 Å². The van der Waals surface area contributed by atoms with Crippen LogP contribution in [0.1, 0.15) is 28.4 Å². The molecule has 2 bridgehead atoms. The fourth-order valence-electron chi connectivity index (χ4n) is 4.84. The minimum Gasteiger partial charge on any atom is -0.351 e. The lowest BCUT2D eigenvalue weighted by Gasteiger charge is -2.42. The molecule has 2 atom stereocenters. The highest BCUT2D eigenvalue weighted by Crippen LogP contribution is 2.36. The predicted molar refractivity (Wildman–Crippen MR) is 107 cm³/mol. The molecule has 1 amide bonds. The van der Waals surface area contributed by atoms with E-state index in [0.717, 1.165) is 23.0 Å². The normalized spacial score (nSPS) is 20.5. The second kappa shape index (κ2) is 6.30. The SMILES string of the molecule is Cn1ccc2cc(C(=O)N3CC4CC(C3)c3ccc([N+](=O)[O-])c(=O)n3C4)ccc21. The third kappa shape index (κ3) is 2.74. The number of likely N-dealkylation sites (tertiary alicyclic amines) is 1. The van der Waals surface area contributed by atoms with Crippen LogP contribution in [0, 0.1) is 16.0 Å². The summed E-state index contributed by atoms with van der Waals surface area (Å²) in [6.45, 7) is 1.48. The molecule has 2 unspecified atom stereocenters. The Morgan fingerprint density at radius 3 is 2.76 bits per heavy atom. The summed E-state index contributed by atoms with van der Waals surface area (Å²) >= 11 is 0. The number of benzene rings is 1. The van der Waals surface area contributed by atoms with Crippen molar-refractivity contribution in [3.63, 3.8) is 0 Å². The number of nitro groups is 1. The van der Waals surface area contributed by atoms with Gasteiger partial charge in [0.25, 0.3) is 5.91 Å². The quantitative estimate of drug-likeness (QED) is 0.495. The average molecular weight is 392 g/mol. The second-order valence-corrected chi connectivity index (χ2v) is 8.03. The lowest BCUT2D eigenvalue weighted by atomic mass is 9.83. The summed E-state index contributed by atoms with van der Waals surface area (Å²) in [5.41, 5.74) is 1.58. The number of rotatable bonds is 2. The zero-order valence-corrected chi connectivity index (χ0v) is 15.9. The lowest BCUT2D eigenvalue weighted by Crippen LogP contribution is -2.49. The van der Waals surface area contributed by atoms with E-state index in [1.54, 1.807) is 6.07 Å². The van der Waals surface area contributed by atoms with E-state index >= 15 is 0 Å². The molecule has 2 aliphatic rings. The van der Waals surface area contributed by atoms with Crippen LogP contribution < -0.4 is 5.56 Å². The Kier molecular flexibility index (Phi) is 3.84. The molecule has 0 N–H and O–H groups in total. The first kappa shape index (κ1) is 17.7. The summed E-state index contributed by atoms with van der Waals surface area (Å²) in [4.78, 5) is 38.0. The molecule has 2 aliphatic heterocycles. The van der Waals surface area contributed by atoms with E-state index in [4.69, 9.17) is 0 Å². The molecule has 1 saturated heterocycles. The van der Waals surface area contributed by atoms with Gasteiger partial charge in [0.2, 0.25) is 0 Å². The van der Waals surface area contributed by atoms with Crippen LogP contribution in [0.15, 0.2) is 47.4 Å². The molecule has 29 heavy (non-hydrogen) atoms. The van der Waals surface area contributed by atoms with Crippen LogP contribution in [0.3, 0.4) is 0 Å². The summed E-state index contributed by atoms with van der Waals surface area (Å²) in [5, 5.41) is 12.1. The first-order valence-electron chi connectivity index (χ1n) is 9.65. The smallest absolute Gasteiger partial charge is 0.334 e. The maximum Gasteiger partial charge on any atom is 0.334 e. The molecular formula is C21H20N4O4. The fourth-order valence-corrected chi connectivity index (χ4v) is 4.84. The van der Waals surface area contributed by atoms with E-state index in [1.807, 2.05) is 47.0 Å². The van der Waals surface area contributed by atoms with E-state index < -0.39 is 16.2 Å². The van der Waals surface area contributed by atoms with Crippen molar-refractivity contribution in [2.24, 2.45) is 13.0 Å². The summed E-state index contributed by atoms with van der Waals surface area (Å²) in [6.07, 6.45) is 2.86. The number of aryl methyl sites for hydroxylation is 1. The maximum absolute atomic E-state index is 13.2. The summed E-state index contributed by atoms with van der Waals surface area (Å²) < 4.78 is 3.55. The summed E-state index contributed by atoms with van der Waals surface area (Å²) in [7, 11) is 1.97. The fraction of sp³-hybridized carbons (Fsp3) is 0.333.